The molecule has 0 saturated carbocycles. The molecule has 1 atom stereocenters. The SMILES string of the molecule is CONC1CCOc2c(F)cc(F)cc21. The van der Waals surface area contributed by atoms with Crippen LogP contribution < -0.4 is 10.2 Å². The summed E-state index contributed by atoms with van der Waals surface area (Å²) in [7, 11) is 1.46. The molecule has 5 heteroatoms. The van der Waals surface area contributed by atoms with Gasteiger partial charge in [-0.05, 0) is 6.07 Å². The normalized spacial score (nSPS) is 19.5. The summed E-state index contributed by atoms with van der Waals surface area (Å²) in [5.74, 6) is -1.18. The van der Waals surface area contributed by atoms with Gasteiger partial charge >= 0.3 is 0 Å². The fraction of sp³-hybridized carbons (Fsp3) is 0.400. The van der Waals surface area contributed by atoms with Crippen molar-refractivity contribution >= 4 is 0 Å². The molecule has 0 spiro atoms. The van der Waals surface area contributed by atoms with Gasteiger partial charge in [-0.2, -0.15) is 5.48 Å². The van der Waals surface area contributed by atoms with Crippen molar-refractivity contribution in [1.29, 1.82) is 0 Å². The molecule has 15 heavy (non-hydrogen) atoms. The fourth-order valence-electron chi connectivity index (χ4n) is 1.69. The summed E-state index contributed by atoms with van der Waals surface area (Å²) in [6.07, 6.45) is 0.615. The van der Waals surface area contributed by atoms with E-state index in [4.69, 9.17) is 9.57 Å². The Labute approximate surface area is 85.9 Å². The molecule has 2 rings (SSSR count). The highest BCUT2D eigenvalue weighted by Crippen LogP contribution is 2.34. The Morgan fingerprint density at radius 3 is 3.00 bits per heavy atom. The van der Waals surface area contributed by atoms with E-state index in [1.165, 1.54) is 13.2 Å². The topological polar surface area (TPSA) is 30.5 Å². The van der Waals surface area contributed by atoms with E-state index in [9.17, 15) is 8.78 Å². The number of hydrogen-bond donors (Lipinski definition) is 1. The first kappa shape index (κ1) is 10.3. The largest absolute Gasteiger partial charge is 0.490 e. The summed E-state index contributed by atoms with van der Waals surface area (Å²) in [6, 6.07) is 1.84. The van der Waals surface area contributed by atoms with Gasteiger partial charge < -0.3 is 9.57 Å². The Hall–Kier alpha value is -1.20. The van der Waals surface area contributed by atoms with E-state index < -0.39 is 11.6 Å². The van der Waals surface area contributed by atoms with Crippen LogP contribution in [-0.4, -0.2) is 13.7 Å². The van der Waals surface area contributed by atoms with Gasteiger partial charge in [0.25, 0.3) is 0 Å². The maximum Gasteiger partial charge on any atom is 0.168 e. The lowest BCUT2D eigenvalue weighted by Gasteiger charge is -2.26. The average Bonchev–Trinajstić information content (AvgIpc) is 2.19. The monoisotopic (exact) mass is 215 g/mol. The average molecular weight is 215 g/mol. The quantitative estimate of drug-likeness (QED) is 0.765. The molecule has 0 aliphatic carbocycles. The Bertz CT molecular complexity index is 371. The predicted molar refractivity (Wildman–Crippen MR) is 49.4 cm³/mol. The molecule has 1 heterocycles. The highest BCUT2D eigenvalue weighted by Gasteiger charge is 2.25. The van der Waals surface area contributed by atoms with E-state index >= 15 is 0 Å². The number of halogens is 2. The fourth-order valence-corrected chi connectivity index (χ4v) is 1.69. The molecule has 0 fully saturated rings. The lowest BCUT2D eigenvalue weighted by atomic mass is 10.0. The zero-order valence-corrected chi connectivity index (χ0v) is 8.22. The summed E-state index contributed by atoms with van der Waals surface area (Å²) in [5.41, 5.74) is 3.14. The van der Waals surface area contributed by atoms with E-state index in [-0.39, 0.29) is 11.8 Å². The number of nitrogens with one attached hydrogen (secondary N) is 1. The zero-order valence-electron chi connectivity index (χ0n) is 8.22. The number of rotatable bonds is 2. The Morgan fingerprint density at radius 2 is 2.27 bits per heavy atom. The summed E-state index contributed by atoms with van der Waals surface area (Å²) in [4.78, 5) is 4.77. The minimum absolute atomic E-state index is 0.109. The van der Waals surface area contributed by atoms with E-state index in [1.807, 2.05) is 0 Å². The number of hydroxylamine groups is 1. The van der Waals surface area contributed by atoms with Crippen molar-refractivity contribution in [2.24, 2.45) is 0 Å². The third-order valence-corrected chi connectivity index (χ3v) is 2.33. The maximum atomic E-state index is 13.3. The minimum atomic E-state index is -0.674. The molecule has 0 bridgehead atoms. The van der Waals surface area contributed by atoms with Crippen molar-refractivity contribution in [1.82, 2.24) is 5.48 Å². The molecule has 0 radical (unpaired) electrons. The molecular weight excluding hydrogens is 204 g/mol. The third-order valence-electron chi connectivity index (χ3n) is 2.33. The molecule has 1 unspecified atom stereocenters. The molecule has 0 saturated heterocycles. The van der Waals surface area contributed by atoms with Gasteiger partial charge in [0, 0.05) is 18.1 Å². The maximum absolute atomic E-state index is 13.3. The van der Waals surface area contributed by atoms with Gasteiger partial charge in [-0.15, -0.1) is 0 Å². The van der Waals surface area contributed by atoms with Gasteiger partial charge in [-0.3, -0.25) is 0 Å². The van der Waals surface area contributed by atoms with Gasteiger partial charge in [-0.25, -0.2) is 8.78 Å². The number of ether oxygens (including phenoxy) is 1. The Kier molecular flexibility index (Phi) is 2.83. The van der Waals surface area contributed by atoms with Crippen molar-refractivity contribution < 1.29 is 18.4 Å². The highest BCUT2D eigenvalue weighted by molar-refractivity contribution is 5.39. The van der Waals surface area contributed by atoms with Crippen LogP contribution >= 0.6 is 0 Å². The van der Waals surface area contributed by atoms with Crippen LogP contribution in [-0.2, 0) is 4.84 Å². The van der Waals surface area contributed by atoms with Crippen molar-refractivity contribution in [3.05, 3.63) is 29.3 Å². The number of benzene rings is 1. The second kappa shape index (κ2) is 4.12. The smallest absolute Gasteiger partial charge is 0.168 e. The third kappa shape index (κ3) is 1.93. The van der Waals surface area contributed by atoms with E-state index in [0.29, 0.717) is 18.6 Å². The zero-order chi connectivity index (χ0) is 10.8. The van der Waals surface area contributed by atoms with Crippen LogP contribution in [0.3, 0.4) is 0 Å². The highest BCUT2D eigenvalue weighted by atomic mass is 19.1. The van der Waals surface area contributed by atoms with Crippen molar-refractivity contribution in [2.75, 3.05) is 13.7 Å². The predicted octanol–water partition coefficient (Wildman–Crippen LogP) is 1.94. The first-order valence-corrected chi connectivity index (χ1v) is 4.62. The van der Waals surface area contributed by atoms with Crippen molar-refractivity contribution in [3.8, 4) is 5.75 Å². The minimum Gasteiger partial charge on any atom is -0.490 e. The van der Waals surface area contributed by atoms with Gasteiger partial charge in [-0.1, -0.05) is 0 Å². The van der Waals surface area contributed by atoms with Crippen LogP contribution in [0.4, 0.5) is 8.78 Å². The van der Waals surface area contributed by atoms with Gasteiger partial charge in [0.05, 0.1) is 19.8 Å². The van der Waals surface area contributed by atoms with Crippen LogP contribution in [0.15, 0.2) is 12.1 Å². The summed E-state index contributed by atoms with van der Waals surface area (Å²) < 4.78 is 31.5. The summed E-state index contributed by atoms with van der Waals surface area (Å²) in [5, 5.41) is 0. The van der Waals surface area contributed by atoms with Crippen LogP contribution in [0.1, 0.15) is 18.0 Å². The van der Waals surface area contributed by atoms with Crippen LogP contribution in [0, 0.1) is 11.6 Å². The molecule has 1 aliphatic heterocycles. The molecule has 1 aromatic rings. The second-order valence-corrected chi connectivity index (χ2v) is 3.32. The Balaban J connectivity index is 2.41. The first-order chi connectivity index (χ1) is 7.22. The number of hydrogen-bond acceptors (Lipinski definition) is 3. The molecule has 1 N–H and O–H groups in total. The van der Waals surface area contributed by atoms with Gasteiger partial charge in [0.2, 0.25) is 0 Å². The summed E-state index contributed by atoms with van der Waals surface area (Å²) in [6.45, 7) is 0.385. The first-order valence-electron chi connectivity index (χ1n) is 4.62. The molecule has 82 valence electrons. The van der Waals surface area contributed by atoms with E-state index in [0.717, 1.165) is 6.07 Å². The van der Waals surface area contributed by atoms with Gasteiger partial charge in [0.15, 0.2) is 11.6 Å². The van der Waals surface area contributed by atoms with Crippen LogP contribution in [0.5, 0.6) is 5.75 Å². The lowest BCUT2D eigenvalue weighted by molar-refractivity contribution is 0.0454. The van der Waals surface area contributed by atoms with E-state index in [1.54, 1.807) is 0 Å². The molecular formula is C10H11F2NO2. The van der Waals surface area contributed by atoms with Crippen molar-refractivity contribution in [3.63, 3.8) is 0 Å². The second-order valence-electron chi connectivity index (χ2n) is 3.32. The van der Waals surface area contributed by atoms with Crippen molar-refractivity contribution in [2.45, 2.75) is 12.5 Å². The Morgan fingerprint density at radius 1 is 1.47 bits per heavy atom. The molecule has 1 aliphatic rings. The standard InChI is InChI=1S/C10H11F2NO2/c1-14-13-9-2-3-15-10-7(9)4-6(11)5-8(10)12/h4-5,9,13H,2-3H2,1H3. The summed E-state index contributed by atoms with van der Waals surface area (Å²) >= 11 is 0. The van der Waals surface area contributed by atoms with E-state index in [2.05, 4.69) is 5.48 Å². The van der Waals surface area contributed by atoms with Crippen LogP contribution in [0.2, 0.25) is 0 Å². The lowest BCUT2D eigenvalue weighted by Crippen LogP contribution is -2.27. The molecule has 0 amide bonds. The number of fused-ring (bicyclic) bond motifs is 1. The molecule has 0 aromatic heterocycles. The van der Waals surface area contributed by atoms with Gasteiger partial charge in [0.1, 0.15) is 5.82 Å². The molecule has 3 nitrogen and oxygen atoms in total. The van der Waals surface area contributed by atoms with Crippen LogP contribution in [0.25, 0.3) is 0 Å². The molecule has 1 aromatic carbocycles.